The van der Waals surface area contributed by atoms with Crippen LogP contribution < -0.4 is 27.0 Å². The van der Waals surface area contributed by atoms with Gasteiger partial charge < -0.3 is 27.0 Å². The Morgan fingerprint density at radius 3 is 2.58 bits per heavy atom. The Kier molecular flexibility index (Phi) is 9.04. The van der Waals surface area contributed by atoms with Gasteiger partial charge in [0.05, 0.1) is 11.4 Å². The first-order chi connectivity index (χ1) is 15.9. The van der Waals surface area contributed by atoms with Crippen LogP contribution in [0.5, 0.6) is 0 Å². The van der Waals surface area contributed by atoms with E-state index in [2.05, 4.69) is 21.3 Å². The highest BCUT2D eigenvalue weighted by Gasteiger charge is 2.21. The first-order valence-electron chi connectivity index (χ1n) is 11.6. The number of nitrogens with one attached hydrogen (secondary N) is 4. The van der Waals surface area contributed by atoms with E-state index >= 15 is 0 Å². The number of rotatable bonds is 10. The van der Waals surface area contributed by atoms with Crippen molar-refractivity contribution < 1.29 is 9.59 Å². The van der Waals surface area contributed by atoms with Crippen molar-refractivity contribution in [1.29, 1.82) is 0 Å². The third-order valence-corrected chi connectivity index (χ3v) is 5.61. The number of carbonyl (C=O) groups excluding carboxylic acids is 2. The van der Waals surface area contributed by atoms with Crippen LogP contribution in [0.3, 0.4) is 0 Å². The maximum atomic E-state index is 12.8. The number of hydrogen-bond acceptors (Lipinski definition) is 5. The molecule has 0 spiro atoms. The second-order valence-electron chi connectivity index (χ2n) is 8.71. The third kappa shape index (κ3) is 7.73. The van der Waals surface area contributed by atoms with Crippen LogP contribution in [0.25, 0.3) is 6.08 Å². The van der Waals surface area contributed by atoms with Crippen molar-refractivity contribution in [2.45, 2.75) is 51.2 Å². The predicted molar refractivity (Wildman–Crippen MR) is 135 cm³/mol. The molecule has 1 saturated heterocycles. The van der Waals surface area contributed by atoms with Crippen LogP contribution >= 0.6 is 0 Å². The van der Waals surface area contributed by atoms with Crippen LogP contribution in [0.4, 0.5) is 11.4 Å². The maximum Gasteiger partial charge on any atom is 0.248 e. The summed E-state index contributed by atoms with van der Waals surface area (Å²) in [6.45, 7) is 5.75. The molecule has 0 aromatic heterocycles. The summed E-state index contributed by atoms with van der Waals surface area (Å²) in [6, 6.07) is 15.0. The lowest BCUT2D eigenvalue weighted by Gasteiger charge is -2.21. The van der Waals surface area contributed by atoms with Gasteiger partial charge in [-0.25, -0.2) is 0 Å². The molecular formula is C26H35N5O2. The smallest absolute Gasteiger partial charge is 0.248 e. The summed E-state index contributed by atoms with van der Waals surface area (Å²) in [5.74, 6) is -0.291. The standard InChI is InChI=1S/C26H35N5O2/c1-18(2)30-26(33)25(29-17-15-21-6-5-16-28-21)20-12-9-19(10-13-20)11-14-24(32)31-23-8-4-3-7-22(23)27/h3-4,7-14,18,21,25,28-29H,5-6,15-17,27H2,1-2H3,(H,30,33)(H,31,32)/b14-11+. The molecule has 2 unspecified atom stereocenters. The van der Waals surface area contributed by atoms with Gasteiger partial charge in [-0.15, -0.1) is 0 Å². The van der Waals surface area contributed by atoms with Crippen molar-refractivity contribution >= 4 is 29.3 Å². The Labute approximate surface area is 196 Å². The van der Waals surface area contributed by atoms with Crippen LogP contribution in [0.1, 0.15) is 50.3 Å². The molecule has 2 aromatic rings. The minimum absolute atomic E-state index is 0.0347. The van der Waals surface area contributed by atoms with E-state index in [9.17, 15) is 9.59 Å². The molecule has 7 heteroatoms. The Morgan fingerprint density at radius 2 is 1.91 bits per heavy atom. The van der Waals surface area contributed by atoms with Crippen LogP contribution in [0.15, 0.2) is 54.6 Å². The third-order valence-electron chi connectivity index (χ3n) is 5.61. The zero-order valence-corrected chi connectivity index (χ0v) is 19.4. The maximum absolute atomic E-state index is 12.8. The first-order valence-corrected chi connectivity index (χ1v) is 11.6. The lowest BCUT2D eigenvalue weighted by molar-refractivity contribution is -0.123. The molecule has 7 nitrogen and oxygen atoms in total. The molecule has 6 N–H and O–H groups in total. The summed E-state index contributed by atoms with van der Waals surface area (Å²) < 4.78 is 0. The summed E-state index contributed by atoms with van der Waals surface area (Å²) in [5, 5.41) is 12.7. The quantitative estimate of drug-likeness (QED) is 0.283. The number of hydrogen-bond donors (Lipinski definition) is 5. The molecular weight excluding hydrogens is 414 g/mol. The van der Waals surface area contributed by atoms with Crippen molar-refractivity contribution in [3.05, 3.63) is 65.7 Å². The molecule has 176 valence electrons. The molecule has 3 rings (SSSR count). The average Bonchev–Trinajstić information content (AvgIpc) is 3.30. The molecule has 2 aromatic carbocycles. The number of nitrogen functional groups attached to an aromatic ring is 1. The van der Waals surface area contributed by atoms with Crippen LogP contribution in [-0.2, 0) is 9.59 Å². The summed E-state index contributed by atoms with van der Waals surface area (Å²) in [7, 11) is 0. The number of anilines is 2. The Balaban J connectivity index is 1.61. The van der Waals surface area contributed by atoms with Gasteiger partial charge in [-0.1, -0.05) is 36.4 Å². The van der Waals surface area contributed by atoms with Crippen molar-refractivity contribution in [2.24, 2.45) is 0 Å². The molecule has 1 aliphatic heterocycles. The van der Waals surface area contributed by atoms with E-state index in [0.717, 1.165) is 30.6 Å². The van der Waals surface area contributed by atoms with Gasteiger partial charge in [-0.3, -0.25) is 9.59 Å². The van der Waals surface area contributed by atoms with E-state index in [-0.39, 0.29) is 17.9 Å². The number of carbonyl (C=O) groups is 2. The second-order valence-corrected chi connectivity index (χ2v) is 8.71. The monoisotopic (exact) mass is 449 g/mol. The van der Waals surface area contributed by atoms with Crippen molar-refractivity contribution in [3.63, 3.8) is 0 Å². The Bertz CT molecular complexity index is 949. The second kappa shape index (κ2) is 12.2. The summed E-state index contributed by atoms with van der Waals surface area (Å²) >= 11 is 0. The van der Waals surface area contributed by atoms with Crippen LogP contribution in [0, 0.1) is 0 Å². The fourth-order valence-electron chi connectivity index (χ4n) is 3.89. The molecule has 2 amide bonds. The molecule has 0 bridgehead atoms. The fourth-order valence-corrected chi connectivity index (χ4v) is 3.89. The highest BCUT2D eigenvalue weighted by molar-refractivity contribution is 6.03. The zero-order valence-electron chi connectivity index (χ0n) is 19.4. The van der Waals surface area contributed by atoms with Gasteiger partial charge in [0.15, 0.2) is 0 Å². The van der Waals surface area contributed by atoms with Gasteiger partial charge in [0.1, 0.15) is 6.04 Å². The van der Waals surface area contributed by atoms with Crippen molar-refractivity contribution in [3.8, 4) is 0 Å². The highest BCUT2D eigenvalue weighted by Crippen LogP contribution is 2.18. The minimum Gasteiger partial charge on any atom is -0.397 e. The van der Waals surface area contributed by atoms with Crippen LogP contribution in [-0.4, -0.2) is 37.0 Å². The average molecular weight is 450 g/mol. The van der Waals surface area contributed by atoms with E-state index in [0.29, 0.717) is 17.4 Å². The number of benzene rings is 2. The Hall–Kier alpha value is -3.16. The lowest BCUT2D eigenvalue weighted by atomic mass is 10.0. The molecule has 2 atom stereocenters. The predicted octanol–water partition coefficient (Wildman–Crippen LogP) is 3.22. The number of nitrogens with two attached hydrogens (primary N) is 1. The SMILES string of the molecule is CC(C)NC(=O)C(NCCC1CCCN1)c1ccc(/C=C/C(=O)Nc2ccccc2N)cc1. The molecule has 1 fully saturated rings. The molecule has 1 aliphatic rings. The largest absolute Gasteiger partial charge is 0.397 e. The van der Waals surface area contributed by atoms with Gasteiger partial charge in [0.25, 0.3) is 0 Å². The molecule has 0 radical (unpaired) electrons. The van der Waals surface area contributed by atoms with E-state index < -0.39 is 6.04 Å². The highest BCUT2D eigenvalue weighted by atomic mass is 16.2. The van der Waals surface area contributed by atoms with E-state index in [4.69, 9.17) is 5.73 Å². The van der Waals surface area contributed by atoms with E-state index in [1.54, 1.807) is 18.2 Å². The summed E-state index contributed by atoms with van der Waals surface area (Å²) in [5.41, 5.74) is 8.73. The first kappa shape index (κ1) is 24.5. The minimum atomic E-state index is -0.420. The Morgan fingerprint density at radius 1 is 1.15 bits per heavy atom. The van der Waals surface area contributed by atoms with E-state index in [1.807, 2.05) is 50.2 Å². The summed E-state index contributed by atoms with van der Waals surface area (Å²) in [6.07, 6.45) is 6.61. The molecule has 0 saturated carbocycles. The normalized spacial score (nSPS) is 16.8. The molecule has 1 heterocycles. The topological polar surface area (TPSA) is 108 Å². The summed E-state index contributed by atoms with van der Waals surface area (Å²) in [4.78, 5) is 25.0. The van der Waals surface area contributed by atoms with E-state index in [1.165, 1.54) is 18.9 Å². The van der Waals surface area contributed by atoms with Crippen molar-refractivity contribution in [2.75, 3.05) is 24.1 Å². The van der Waals surface area contributed by atoms with Gasteiger partial charge in [-0.05, 0) is 75.5 Å². The lowest BCUT2D eigenvalue weighted by Crippen LogP contribution is -2.41. The van der Waals surface area contributed by atoms with Crippen LogP contribution in [0.2, 0.25) is 0 Å². The zero-order chi connectivity index (χ0) is 23.6. The van der Waals surface area contributed by atoms with Gasteiger partial charge >= 0.3 is 0 Å². The fraction of sp³-hybridized carbons (Fsp3) is 0.385. The van der Waals surface area contributed by atoms with Gasteiger partial charge in [-0.2, -0.15) is 0 Å². The van der Waals surface area contributed by atoms with Crippen molar-refractivity contribution in [1.82, 2.24) is 16.0 Å². The molecule has 0 aliphatic carbocycles. The van der Waals surface area contributed by atoms with Gasteiger partial charge in [0, 0.05) is 18.2 Å². The van der Waals surface area contributed by atoms with Gasteiger partial charge in [0.2, 0.25) is 11.8 Å². The number of para-hydroxylation sites is 2. The molecule has 33 heavy (non-hydrogen) atoms. The number of amides is 2.